The van der Waals surface area contributed by atoms with Crippen LogP contribution in [0.3, 0.4) is 0 Å². The summed E-state index contributed by atoms with van der Waals surface area (Å²) in [5, 5.41) is 36.7. The molecule has 2 fully saturated rings. The third-order valence-corrected chi connectivity index (χ3v) is 5.27. The van der Waals surface area contributed by atoms with E-state index in [1.165, 1.54) is 0 Å². The van der Waals surface area contributed by atoms with Gasteiger partial charge in [-0.1, -0.05) is 18.7 Å². The second-order valence-corrected chi connectivity index (χ2v) is 7.28. The van der Waals surface area contributed by atoms with Crippen molar-refractivity contribution in [2.45, 2.75) is 43.5 Å². The zero-order chi connectivity index (χ0) is 21.8. The van der Waals surface area contributed by atoms with E-state index in [1.54, 1.807) is 38.3 Å². The van der Waals surface area contributed by atoms with Crippen molar-refractivity contribution in [3.63, 3.8) is 0 Å². The second kappa shape index (κ2) is 9.59. The van der Waals surface area contributed by atoms with Gasteiger partial charge in [-0.05, 0) is 30.7 Å². The molecule has 9 nitrogen and oxygen atoms in total. The van der Waals surface area contributed by atoms with Crippen LogP contribution in [0.2, 0.25) is 0 Å². The number of nitrogens with one attached hydrogen (secondary N) is 2. The minimum atomic E-state index is -1.39. The van der Waals surface area contributed by atoms with E-state index in [-0.39, 0.29) is 6.79 Å². The third-order valence-electron chi connectivity index (χ3n) is 5.27. The number of carbonyl (C=O) groups is 1. The average Bonchev–Trinajstić information content (AvgIpc) is 3.24. The predicted molar refractivity (Wildman–Crippen MR) is 110 cm³/mol. The van der Waals surface area contributed by atoms with Crippen molar-refractivity contribution < 1.29 is 34.3 Å². The summed E-state index contributed by atoms with van der Waals surface area (Å²) >= 11 is 0. The number of anilines is 1. The van der Waals surface area contributed by atoms with Crippen molar-refractivity contribution in [2.24, 2.45) is 0 Å². The molecular weight excluding hydrogens is 392 g/mol. The van der Waals surface area contributed by atoms with Crippen LogP contribution in [0.1, 0.15) is 12.5 Å². The Morgan fingerprint density at radius 3 is 2.60 bits per heavy atom. The number of benzene rings is 1. The molecule has 0 radical (unpaired) electrons. The zero-order valence-electron chi connectivity index (χ0n) is 16.9. The van der Waals surface area contributed by atoms with E-state index >= 15 is 0 Å². The molecule has 1 amide bonds. The molecule has 3 rings (SSSR count). The van der Waals surface area contributed by atoms with Gasteiger partial charge in [0.05, 0.1) is 11.7 Å². The fraction of sp³-hybridized carbons (Fsp3) is 0.476. The minimum absolute atomic E-state index is 0.0872. The predicted octanol–water partition coefficient (Wildman–Crippen LogP) is 0.0190. The first-order valence-corrected chi connectivity index (χ1v) is 9.69. The molecule has 30 heavy (non-hydrogen) atoms. The molecule has 6 atom stereocenters. The Hall–Kier alpha value is -2.43. The molecule has 0 aromatic heterocycles. The van der Waals surface area contributed by atoms with Gasteiger partial charge in [0.1, 0.15) is 49.7 Å². The number of aliphatic hydroxyl groups is 3. The summed E-state index contributed by atoms with van der Waals surface area (Å²) in [4.78, 5) is 12.7. The molecule has 164 valence electrons. The number of amides is 1. The van der Waals surface area contributed by atoms with Crippen molar-refractivity contribution in [3.05, 3.63) is 42.0 Å². The molecule has 5 N–H and O–H groups in total. The standard InChI is InChI=1S/C21H28N2O7/c1-4-7-28-14-6-5-12(9-13(14)22-3)8-11(2)21(27)23-15-16(24)18(26)20-19(17(15)25)29-10-30-20/h4-6,8-9,15-20,22,24-26H,1,7,10H2,2-3H3,(H,23,27)/b11-8-/t15-,16+,17-,18-,19+,20-/m1/s1. The quantitative estimate of drug-likeness (QED) is 0.308. The zero-order valence-corrected chi connectivity index (χ0v) is 16.9. The lowest BCUT2D eigenvalue weighted by atomic mass is 9.83. The molecule has 1 aliphatic heterocycles. The van der Waals surface area contributed by atoms with Crippen molar-refractivity contribution in [1.29, 1.82) is 0 Å². The van der Waals surface area contributed by atoms with Gasteiger partial charge in [-0.2, -0.15) is 0 Å². The Kier molecular flexibility index (Phi) is 7.11. The first kappa shape index (κ1) is 22.3. The van der Waals surface area contributed by atoms with Gasteiger partial charge in [0.25, 0.3) is 0 Å². The molecule has 1 heterocycles. The molecule has 0 bridgehead atoms. The van der Waals surface area contributed by atoms with Crippen LogP contribution in [0.4, 0.5) is 5.69 Å². The Morgan fingerprint density at radius 2 is 1.93 bits per heavy atom. The van der Waals surface area contributed by atoms with E-state index in [0.717, 1.165) is 11.3 Å². The van der Waals surface area contributed by atoms with Gasteiger partial charge in [-0.15, -0.1) is 0 Å². The van der Waals surface area contributed by atoms with E-state index in [4.69, 9.17) is 14.2 Å². The number of hydrogen-bond acceptors (Lipinski definition) is 8. The molecule has 1 aliphatic carbocycles. The van der Waals surface area contributed by atoms with Crippen LogP contribution >= 0.6 is 0 Å². The summed E-state index contributed by atoms with van der Waals surface area (Å²) in [6, 6.07) is 4.33. The van der Waals surface area contributed by atoms with Crippen LogP contribution in [0.15, 0.2) is 36.4 Å². The summed E-state index contributed by atoms with van der Waals surface area (Å²) in [7, 11) is 1.77. The van der Waals surface area contributed by atoms with Crippen LogP contribution in [0.25, 0.3) is 6.08 Å². The Labute approximate surface area is 174 Å². The molecule has 0 spiro atoms. The van der Waals surface area contributed by atoms with Gasteiger partial charge in [0.15, 0.2) is 0 Å². The topological polar surface area (TPSA) is 130 Å². The smallest absolute Gasteiger partial charge is 0.247 e. The highest BCUT2D eigenvalue weighted by Crippen LogP contribution is 2.30. The summed E-state index contributed by atoms with van der Waals surface area (Å²) in [5.74, 6) is 0.174. The van der Waals surface area contributed by atoms with E-state index < -0.39 is 42.5 Å². The van der Waals surface area contributed by atoms with Crippen molar-refractivity contribution >= 4 is 17.7 Å². The van der Waals surface area contributed by atoms with E-state index in [1.807, 2.05) is 6.07 Å². The third kappa shape index (κ3) is 4.50. The lowest BCUT2D eigenvalue weighted by Gasteiger charge is -2.41. The largest absolute Gasteiger partial charge is 0.487 e. The number of fused-ring (bicyclic) bond motifs is 1. The average molecular weight is 420 g/mol. The van der Waals surface area contributed by atoms with Crippen LogP contribution < -0.4 is 15.4 Å². The van der Waals surface area contributed by atoms with Crippen LogP contribution in [0, 0.1) is 0 Å². The molecule has 2 aliphatic rings. The maximum Gasteiger partial charge on any atom is 0.247 e. The molecular formula is C21H28N2O7. The summed E-state index contributed by atoms with van der Waals surface area (Å²) < 4.78 is 16.1. The van der Waals surface area contributed by atoms with Gasteiger partial charge in [-0.3, -0.25) is 4.79 Å². The summed E-state index contributed by atoms with van der Waals surface area (Å²) in [5.41, 5.74) is 1.87. The SMILES string of the molecule is C=CCOc1ccc(/C=C(/C)C(=O)N[C@@H]2[C@H](O)[C@@H](O)[C@H]3OCO[C@H]3[C@@H]2O)cc1NC. The van der Waals surface area contributed by atoms with E-state index in [9.17, 15) is 20.1 Å². The fourth-order valence-corrected chi connectivity index (χ4v) is 3.64. The molecule has 1 aromatic rings. The number of aliphatic hydroxyl groups excluding tert-OH is 3. The van der Waals surface area contributed by atoms with E-state index in [0.29, 0.717) is 17.9 Å². The van der Waals surface area contributed by atoms with Gasteiger partial charge in [0, 0.05) is 12.6 Å². The molecule has 1 saturated carbocycles. The maximum atomic E-state index is 12.7. The number of ether oxygens (including phenoxy) is 3. The highest BCUT2D eigenvalue weighted by molar-refractivity contribution is 5.97. The first-order chi connectivity index (χ1) is 14.4. The first-order valence-electron chi connectivity index (χ1n) is 9.69. The Morgan fingerprint density at radius 1 is 1.23 bits per heavy atom. The Bertz CT molecular complexity index is 813. The molecule has 0 unspecified atom stereocenters. The van der Waals surface area contributed by atoms with Crippen molar-refractivity contribution in [1.82, 2.24) is 5.32 Å². The van der Waals surface area contributed by atoms with Crippen LogP contribution in [0.5, 0.6) is 5.75 Å². The Balaban J connectivity index is 1.72. The van der Waals surface area contributed by atoms with Crippen LogP contribution in [-0.2, 0) is 14.3 Å². The lowest BCUT2D eigenvalue weighted by molar-refractivity contribution is -0.155. The van der Waals surface area contributed by atoms with Gasteiger partial charge >= 0.3 is 0 Å². The van der Waals surface area contributed by atoms with Crippen LogP contribution in [-0.4, -0.2) is 78.2 Å². The normalized spacial score (nSPS) is 31.0. The highest BCUT2D eigenvalue weighted by atomic mass is 16.7. The fourth-order valence-electron chi connectivity index (χ4n) is 3.64. The monoisotopic (exact) mass is 420 g/mol. The number of hydrogen-bond donors (Lipinski definition) is 5. The van der Waals surface area contributed by atoms with Gasteiger partial charge in [-0.25, -0.2) is 0 Å². The molecule has 9 heteroatoms. The summed E-state index contributed by atoms with van der Waals surface area (Å²) in [6.45, 7) is 5.53. The minimum Gasteiger partial charge on any atom is -0.487 e. The highest BCUT2D eigenvalue weighted by Gasteiger charge is 2.53. The molecule has 1 aromatic carbocycles. The van der Waals surface area contributed by atoms with Gasteiger partial charge in [0.2, 0.25) is 5.91 Å². The van der Waals surface area contributed by atoms with Gasteiger partial charge < -0.3 is 40.2 Å². The summed E-state index contributed by atoms with van der Waals surface area (Å²) in [6.07, 6.45) is -2.22. The van der Waals surface area contributed by atoms with Crippen molar-refractivity contribution in [2.75, 3.05) is 25.8 Å². The molecule has 1 saturated heterocycles. The maximum absolute atomic E-state index is 12.7. The lowest BCUT2D eigenvalue weighted by Crippen LogP contribution is -2.67. The number of carbonyl (C=O) groups excluding carboxylic acids is 1. The number of rotatable bonds is 7. The second-order valence-electron chi connectivity index (χ2n) is 7.28. The van der Waals surface area contributed by atoms with Crippen molar-refractivity contribution in [3.8, 4) is 5.75 Å². The van der Waals surface area contributed by atoms with E-state index in [2.05, 4.69) is 17.2 Å².